The fraction of sp³-hybridized carbons (Fsp3) is 0.571. The molecule has 0 aromatic carbocycles. The molecule has 12 nitrogen and oxygen atoms in total. The number of hydrogen-bond donors (Lipinski definition) is 4. The third-order valence-corrected chi connectivity index (χ3v) is 4.55. The van der Waals surface area contributed by atoms with Gasteiger partial charge in [-0.15, -0.1) is 9.42 Å². The molecule has 2 aromatic heterocycles. The highest BCUT2D eigenvalue weighted by Gasteiger charge is 2.51. The van der Waals surface area contributed by atoms with E-state index in [0.717, 1.165) is 10.9 Å². The van der Waals surface area contributed by atoms with E-state index in [1.54, 1.807) is 13.8 Å². The zero-order valence-electron chi connectivity index (χ0n) is 14.8. The number of nitrogens with zero attached hydrogens (tertiary/aromatic N) is 3. The molecule has 3 heterocycles. The number of aromatic amines is 1. The molecule has 3 rings (SSSR count). The topological polar surface area (TPSA) is 169 Å². The van der Waals surface area contributed by atoms with Gasteiger partial charge in [-0.25, -0.2) is 9.37 Å². The Kier molecular flexibility index (Phi) is 5.82. The number of halogens is 1. The molecule has 4 N–H and O–H groups in total. The maximum absolute atomic E-state index is 14.4. The largest absolute Gasteiger partial charge is 0.695 e. The predicted molar refractivity (Wildman–Crippen MR) is 92.2 cm³/mol. The van der Waals surface area contributed by atoms with Crippen molar-refractivity contribution in [3.8, 4) is 0 Å². The second kappa shape index (κ2) is 7.97. The lowest BCUT2D eigenvalue weighted by atomic mass is 10.1. The average molecular weight is 418 g/mol. The van der Waals surface area contributed by atoms with Crippen LogP contribution in [-0.4, -0.2) is 60.4 Å². The summed E-state index contributed by atoms with van der Waals surface area (Å²) in [5, 5.41) is 11.7. The molecule has 28 heavy (non-hydrogen) atoms. The van der Waals surface area contributed by atoms with E-state index < -0.39 is 50.9 Å². The first kappa shape index (κ1) is 20.4. The molecule has 0 bridgehead atoms. The fourth-order valence-corrected chi connectivity index (χ4v) is 3.14. The maximum Gasteiger partial charge on any atom is 0.695 e. The van der Waals surface area contributed by atoms with E-state index in [0.29, 0.717) is 0 Å². The number of H-pyrrole nitrogens is 1. The normalized spacial score (nSPS) is 25.4. The van der Waals surface area contributed by atoms with Gasteiger partial charge in [0, 0.05) is 10.5 Å². The van der Waals surface area contributed by atoms with Crippen LogP contribution in [-0.2, 0) is 18.6 Å². The molecular formula is C14H18FN5O7P+. The van der Waals surface area contributed by atoms with Gasteiger partial charge in [0.1, 0.15) is 6.10 Å². The Labute approximate surface area is 157 Å². The van der Waals surface area contributed by atoms with E-state index >= 15 is 0 Å². The van der Waals surface area contributed by atoms with Crippen molar-refractivity contribution in [1.29, 1.82) is 0 Å². The minimum Gasteiger partial charge on any atom is -0.394 e. The molecule has 1 unspecified atom stereocenters. The summed E-state index contributed by atoms with van der Waals surface area (Å²) in [7, 11) is -3.17. The van der Waals surface area contributed by atoms with Crippen LogP contribution < -0.4 is 10.9 Å². The molecule has 1 fully saturated rings. The molecule has 2 aromatic rings. The third kappa shape index (κ3) is 3.80. The molecule has 0 radical (unpaired) electrons. The minimum absolute atomic E-state index is 0.0691. The van der Waals surface area contributed by atoms with Gasteiger partial charge in [-0.3, -0.25) is 24.5 Å². The van der Waals surface area contributed by atoms with E-state index in [2.05, 4.69) is 20.3 Å². The number of aliphatic hydroxyl groups excluding tert-OH is 1. The second-order valence-corrected chi connectivity index (χ2v) is 7.07. The van der Waals surface area contributed by atoms with Crippen molar-refractivity contribution in [3.05, 3.63) is 16.7 Å². The quantitative estimate of drug-likeness (QED) is 0.471. The number of fused-ring (bicyclic) bond motifs is 1. The molecule has 0 aliphatic carbocycles. The number of rotatable bonds is 6. The number of hydrogen-bond acceptors (Lipinski definition) is 8. The van der Waals surface area contributed by atoms with Crippen LogP contribution in [0.1, 0.15) is 20.1 Å². The molecule has 0 saturated carbocycles. The van der Waals surface area contributed by atoms with E-state index in [-0.39, 0.29) is 23.0 Å². The van der Waals surface area contributed by atoms with Gasteiger partial charge in [0.25, 0.3) is 5.56 Å². The number of aliphatic hydroxyl groups is 1. The van der Waals surface area contributed by atoms with Gasteiger partial charge in [-0.05, 0) is 0 Å². The van der Waals surface area contributed by atoms with Crippen molar-refractivity contribution in [2.24, 2.45) is 5.92 Å². The molecule has 5 atom stereocenters. The standard InChI is InChI=1S/C14H17FN5O7P/c1-5(2)11(22)18-14-17-10-8(12(23)19-14)16-4-20(10)13-9(27-28(24)25)7(15)6(3-21)26-13/h4-7,9,13,21H,3H2,1-2H3,(H2-,17,18,19,22,23,24,25)/p+1/t6-,7-,9-,13-/m1/s1. The molecular weight excluding hydrogens is 400 g/mol. The summed E-state index contributed by atoms with van der Waals surface area (Å²) >= 11 is 0. The first-order valence-electron chi connectivity index (χ1n) is 8.24. The first-order valence-corrected chi connectivity index (χ1v) is 9.37. The van der Waals surface area contributed by atoms with Gasteiger partial charge < -0.3 is 9.84 Å². The smallest absolute Gasteiger partial charge is 0.394 e. The molecule has 152 valence electrons. The third-order valence-electron chi connectivity index (χ3n) is 4.13. The number of carbonyl (C=O) groups excluding carboxylic acids is 1. The number of anilines is 1. The van der Waals surface area contributed by atoms with Crippen molar-refractivity contribution in [3.63, 3.8) is 0 Å². The predicted octanol–water partition coefficient (Wildman–Crippen LogP) is -0.0232. The molecule has 1 aliphatic rings. The van der Waals surface area contributed by atoms with Crippen LogP contribution >= 0.6 is 8.25 Å². The van der Waals surface area contributed by atoms with E-state index in [1.807, 2.05) is 0 Å². The van der Waals surface area contributed by atoms with Gasteiger partial charge in [-0.1, -0.05) is 13.8 Å². The Morgan fingerprint density at radius 1 is 1.57 bits per heavy atom. The van der Waals surface area contributed by atoms with E-state index in [1.165, 1.54) is 0 Å². The Morgan fingerprint density at radius 2 is 2.29 bits per heavy atom. The average Bonchev–Trinajstić information content (AvgIpc) is 3.16. The van der Waals surface area contributed by atoms with Gasteiger partial charge in [-0.2, -0.15) is 4.98 Å². The van der Waals surface area contributed by atoms with Crippen LogP contribution in [0.15, 0.2) is 11.1 Å². The number of ether oxygens (including phenoxy) is 1. The van der Waals surface area contributed by atoms with Crippen LogP contribution in [0.5, 0.6) is 0 Å². The highest BCUT2D eigenvalue weighted by atomic mass is 31.1. The Morgan fingerprint density at radius 3 is 2.89 bits per heavy atom. The summed E-state index contributed by atoms with van der Waals surface area (Å²) in [6.07, 6.45) is -4.99. The highest BCUT2D eigenvalue weighted by Crippen LogP contribution is 2.39. The van der Waals surface area contributed by atoms with E-state index in [4.69, 9.17) is 14.2 Å². The summed E-state index contributed by atoms with van der Waals surface area (Å²) in [6.45, 7) is 2.60. The summed E-state index contributed by atoms with van der Waals surface area (Å²) in [5.41, 5.74) is -0.858. The summed E-state index contributed by atoms with van der Waals surface area (Å²) in [4.78, 5) is 43.5. The summed E-state index contributed by atoms with van der Waals surface area (Å²) in [5.74, 6) is -0.925. The van der Waals surface area contributed by atoms with E-state index in [9.17, 15) is 23.7 Å². The fourth-order valence-electron chi connectivity index (χ4n) is 2.71. The van der Waals surface area contributed by atoms with Crippen LogP contribution in [0.3, 0.4) is 0 Å². The first-order chi connectivity index (χ1) is 13.2. The number of aromatic nitrogens is 4. The summed E-state index contributed by atoms with van der Waals surface area (Å²) < 4.78 is 36.8. The Balaban J connectivity index is 2.04. The van der Waals surface area contributed by atoms with Crippen LogP contribution in [0, 0.1) is 5.92 Å². The number of imidazole rings is 1. The number of alkyl halides is 1. The number of nitrogens with one attached hydrogen (secondary N) is 2. The van der Waals surface area contributed by atoms with Crippen molar-refractivity contribution in [1.82, 2.24) is 19.5 Å². The SMILES string of the molecule is CC(C)C(=O)Nc1nc2c(ncn2[C@@H]2O[C@H](CO)[C@@H](F)[C@H]2O[P+](=O)O)c(=O)[nH]1. The van der Waals surface area contributed by atoms with Gasteiger partial charge in [0.2, 0.25) is 11.9 Å². The highest BCUT2D eigenvalue weighted by molar-refractivity contribution is 7.32. The molecule has 1 saturated heterocycles. The van der Waals surface area contributed by atoms with Gasteiger partial charge in [0.05, 0.1) is 12.9 Å². The maximum atomic E-state index is 14.4. The zero-order chi connectivity index (χ0) is 20.6. The minimum atomic E-state index is -3.17. The van der Waals surface area contributed by atoms with Crippen molar-refractivity contribution >= 4 is 31.3 Å². The summed E-state index contributed by atoms with van der Waals surface area (Å²) in [6, 6.07) is 0. The van der Waals surface area contributed by atoms with Gasteiger partial charge in [0.15, 0.2) is 29.7 Å². The molecule has 1 amide bonds. The van der Waals surface area contributed by atoms with Crippen molar-refractivity contribution in [2.45, 2.75) is 38.5 Å². The van der Waals surface area contributed by atoms with Crippen LogP contribution in [0.25, 0.3) is 11.2 Å². The zero-order valence-corrected chi connectivity index (χ0v) is 15.7. The van der Waals surface area contributed by atoms with Crippen molar-refractivity contribution in [2.75, 3.05) is 11.9 Å². The lowest BCUT2D eigenvalue weighted by Gasteiger charge is -2.16. The number of carbonyl (C=O) groups is 1. The monoisotopic (exact) mass is 418 g/mol. The number of amides is 1. The molecule has 14 heteroatoms. The van der Waals surface area contributed by atoms with Crippen LogP contribution in [0.4, 0.5) is 10.3 Å². The van der Waals surface area contributed by atoms with Gasteiger partial charge >= 0.3 is 8.25 Å². The van der Waals surface area contributed by atoms with Crippen molar-refractivity contribution < 1.29 is 33.0 Å². The lowest BCUT2D eigenvalue weighted by molar-refractivity contribution is -0.118. The Bertz CT molecular complexity index is 963. The lowest BCUT2D eigenvalue weighted by Crippen LogP contribution is -2.30. The van der Waals surface area contributed by atoms with Crippen LogP contribution in [0.2, 0.25) is 0 Å². The Hall–Kier alpha value is -2.31. The molecule has 0 spiro atoms. The second-order valence-electron chi connectivity index (χ2n) is 6.38. The molecule has 1 aliphatic heterocycles.